The second-order valence-corrected chi connectivity index (χ2v) is 5.35. The van der Waals surface area contributed by atoms with E-state index >= 15 is 0 Å². The second kappa shape index (κ2) is 4.38. The van der Waals surface area contributed by atoms with Crippen molar-refractivity contribution in [3.63, 3.8) is 0 Å². The fourth-order valence-corrected chi connectivity index (χ4v) is 2.29. The van der Waals surface area contributed by atoms with Gasteiger partial charge in [0.1, 0.15) is 5.75 Å². The number of aromatic nitrogens is 2. The average molecular weight is 258 g/mol. The monoisotopic (exact) mass is 258 g/mol. The Kier molecular flexibility index (Phi) is 2.82. The predicted molar refractivity (Wildman–Crippen MR) is 72.1 cm³/mol. The van der Waals surface area contributed by atoms with Gasteiger partial charge in [-0.1, -0.05) is 18.2 Å². The van der Waals surface area contributed by atoms with E-state index < -0.39 is 5.79 Å². The summed E-state index contributed by atoms with van der Waals surface area (Å²) in [5.74, 6) is 0.380. The van der Waals surface area contributed by atoms with Crippen LogP contribution in [-0.4, -0.2) is 15.8 Å². The van der Waals surface area contributed by atoms with Crippen molar-refractivity contribution in [2.24, 2.45) is 0 Å². The fraction of sp³-hybridized carbons (Fsp3) is 0.400. The summed E-state index contributed by atoms with van der Waals surface area (Å²) in [5, 5.41) is 0. The average Bonchev–Trinajstić information content (AvgIpc) is 2.75. The summed E-state index contributed by atoms with van der Waals surface area (Å²) in [6, 6.07) is 6.18. The Morgan fingerprint density at radius 1 is 1.37 bits per heavy atom. The van der Waals surface area contributed by atoms with Gasteiger partial charge in [0.25, 0.3) is 0 Å². The third kappa shape index (κ3) is 2.36. The normalized spacial score (nSPS) is 16.8. The molecule has 2 heterocycles. The first-order valence-corrected chi connectivity index (χ1v) is 6.48. The summed E-state index contributed by atoms with van der Waals surface area (Å²) in [4.78, 5) is 7.46. The molecule has 0 aliphatic carbocycles. The lowest BCUT2D eigenvalue weighted by atomic mass is 10.0. The summed E-state index contributed by atoms with van der Waals surface area (Å²) in [6.07, 6.45) is 2.50. The predicted octanol–water partition coefficient (Wildman–Crippen LogP) is 2.95. The number of ether oxygens (including phenoxy) is 2. The van der Waals surface area contributed by atoms with Gasteiger partial charge in [0.15, 0.2) is 0 Å². The molecule has 4 nitrogen and oxygen atoms in total. The van der Waals surface area contributed by atoms with Crippen molar-refractivity contribution in [2.75, 3.05) is 0 Å². The van der Waals surface area contributed by atoms with E-state index in [0.717, 1.165) is 34.7 Å². The van der Waals surface area contributed by atoms with E-state index in [1.54, 1.807) is 6.33 Å². The summed E-state index contributed by atoms with van der Waals surface area (Å²) >= 11 is 0. The smallest absolute Gasteiger partial charge is 0.205 e. The van der Waals surface area contributed by atoms with Crippen molar-refractivity contribution < 1.29 is 9.47 Å². The first-order chi connectivity index (χ1) is 9.05. The van der Waals surface area contributed by atoms with Crippen LogP contribution in [0.5, 0.6) is 5.75 Å². The van der Waals surface area contributed by atoms with Crippen LogP contribution in [0.1, 0.15) is 36.4 Å². The maximum atomic E-state index is 5.98. The van der Waals surface area contributed by atoms with E-state index in [0.29, 0.717) is 6.61 Å². The van der Waals surface area contributed by atoms with Crippen LogP contribution >= 0.6 is 0 Å². The van der Waals surface area contributed by atoms with Gasteiger partial charge in [0.2, 0.25) is 5.79 Å². The van der Waals surface area contributed by atoms with E-state index in [4.69, 9.17) is 9.47 Å². The summed E-state index contributed by atoms with van der Waals surface area (Å²) in [7, 11) is 0. The number of para-hydroxylation sites is 1. The third-order valence-corrected chi connectivity index (χ3v) is 3.39. The molecule has 1 aliphatic rings. The molecule has 0 saturated heterocycles. The highest BCUT2D eigenvalue weighted by molar-refractivity contribution is 5.44. The van der Waals surface area contributed by atoms with Gasteiger partial charge in [0, 0.05) is 37.1 Å². The van der Waals surface area contributed by atoms with Crippen molar-refractivity contribution in [3.05, 3.63) is 47.0 Å². The van der Waals surface area contributed by atoms with Gasteiger partial charge in [-0.05, 0) is 6.92 Å². The molecule has 0 bridgehead atoms. The summed E-state index contributed by atoms with van der Waals surface area (Å²) < 4.78 is 11.6. The van der Waals surface area contributed by atoms with E-state index in [1.165, 1.54) is 0 Å². The Morgan fingerprint density at radius 3 is 2.95 bits per heavy atom. The van der Waals surface area contributed by atoms with Crippen LogP contribution in [-0.2, 0) is 17.8 Å². The molecule has 0 atom stereocenters. The molecule has 100 valence electrons. The Hall–Kier alpha value is -1.81. The number of H-pyrrole nitrogens is 1. The minimum absolute atomic E-state index is 0.566. The van der Waals surface area contributed by atoms with Crippen LogP contribution < -0.4 is 4.74 Å². The largest absolute Gasteiger partial charge is 0.462 e. The lowest BCUT2D eigenvalue weighted by Gasteiger charge is -2.33. The Labute approximate surface area is 112 Å². The van der Waals surface area contributed by atoms with E-state index in [9.17, 15) is 0 Å². The zero-order chi connectivity index (χ0) is 13.5. The van der Waals surface area contributed by atoms with Gasteiger partial charge in [-0.3, -0.25) is 0 Å². The number of benzene rings is 1. The van der Waals surface area contributed by atoms with Crippen molar-refractivity contribution in [1.29, 1.82) is 0 Å². The number of aryl methyl sites for hydroxylation is 1. The first-order valence-electron chi connectivity index (χ1n) is 6.48. The SMILES string of the molecule is Cc1[nH]cnc1Cc1cccc2c1OC(C)(C)OC2. The first kappa shape index (κ1) is 12.2. The molecule has 1 N–H and O–H groups in total. The van der Waals surface area contributed by atoms with Crippen LogP contribution in [0.15, 0.2) is 24.5 Å². The highest BCUT2D eigenvalue weighted by Gasteiger charge is 2.29. The topological polar surface area (TPSA) is 47.1 Å². The van der Waals surface area contributed by atoms with Gasteiger partial charge in [-0.2, -0.15) is 0 Å². The molecular weight excluding hydrogens is 240 g/mol. The van der Waals surface area contributed by atoms with E-state index in [2.05, 4.69) is 16.0 Å². The van der Waals surface area contributed by atoms with Crippen molar-refractivity contribution in [1.82, 2.24) is 9.97 Å². The van der Waals surface area contributed by atoms with Crippen LogP contribution in [0.2, 0.25) is 0 Å². The molecule has 0 saturated carbocycles. The molecular formula is C15H18N2O2. The zero-order valence-electron chi connectivity index (χ0n) is 11.5. The van der Waals surface area contributed by atoms with Crippen LogP contribution in [0.4, 0.5) is 0 Å². The standard InChI is InChI=1S/C15H18N2O2/c1-10-13(17-9-16-10)7-11-5-4-6-12-8-18-15(2,3)19-14(11)12/h4-6,9H,7-8H2,1-3H3,(H,16,17). The Bertz CT molecular complexity index is 602. The third-order valence-electron chi connectivity index (χ3n) is 3.39. The zero-order valence-corrected chi connectivity index (χ0v) is 11.5. The van der Waals surface area contributed by atoms with Gasteiger partial charge < -0.3 is 14.5 Å². The fourth-order valence-electron chi connectivity index (χ4n) is 2.29. The van der Waals surface area contributed by atoms with Gasteiger partial charge in [-0.25, -0.2) is 4.98 Å². The molecule has 1 aliphatic heterocycles. The Balaban J connectivity index is 1.97. The van der Waals surface area contributed by atoms with Gasteiger partial charge in [0.05, 0.1) is 18.6 Å². The maximum absolute atomic E-state index is 5.98. The quantitative estimate of drug-likeness (QED) is 0.900. The van der Waals surface area contributed by atoms with Gasteiger partial charge >= 0.3 is 0 Å². The lowest BCUT2D eigenvalue weighted by Crippen LogP contribution is -2.35. The van der Waals surface area contributed by atoms with Crippen molar-refractivity contribution in [3.8, 4) is 5.75 Å². The number of rotatable bonds is 2. The molecule has 1 aromatic carbocycles. The van der Waals surface area contributed by atoms with Crippen LogP contribution in [0.25, 0.3) is 0 Å². The molecule has 1 aromatic heterocycles. The molecule has 4 heteroatoms. The van der Waals surface area contributed by atoms with Crippen LogP contribution in [0.3, 0.4) is 0 Å². The number of nitrogens with zero attached hydrogens (tertiary/aromatic N) is 1. The number of hydrogen-bond acceptors (Lipinski definition) is 3. The summed E-state index contributed by atoms with van der Waals surface area (Å²) in [6.45, 7) is 6.50. The maximum Gasteiger partial charge on any atom is 0.205 e. The minimum Gasteiger partial charge on any atom is -0.462 e. The van der Waals surface area contributed by atoms with E-state index in [1.807, 2.05) is 32.9 Å². The molecule has 0 amide bonds. The van der Waals surface area contributed by atoms with Gasteiger partial charge in [-0.15, -0.1) is 0 Å². The van der Waals surface area contributed by atoms with Crippen molar-refractivity contribution in [2.45, 2.75) is 39.6 Å². The number of imidazole rings is 1. The molecule has 0 radical (unpaired) electrons. The number of fused-ring (bicyclic) bond motifs is 1. The van der Waals surface area contributed by atoms with Crippen molar-refractivity contribution >= 4 is 0 Å². The lowest BCUT2D eigenvalue weighted by molar-refractivity contribution is -0.180. The number of nitrogens with one attached hydrogen (secondary N) is 1. The molecule has 3 rings (SSSR count). The summed E-state index contributed by atoms with van der Waals surface area (Å²) in [5.41, 5.74) is 4.42. The molecule has 2 aromatic rings. The minimum atomic E-state index is -0.566. The molecule has 0 spiro atoms. The molecule has 0 fully saturated rings. The second-order valence-electron chi connectivity index (χ2n) is 5.35. The van der Waals surface area contributed by atoms with Crippen LogP contribution in [0, 0.1) is 6.92 Å². The number of hydrogen-bond donors (Lipinski definition) is 1. The van der Waals surface area contributed by atoms with E-state index in [-0.39, 0.29) is 0 Å². The molecule has 0 unspecified atom stereocenters. The molecule has 19 heavy (non-hydrogen) atoms. The Morgan fingerprint density at radius 2 is 2.21 bits per heavy atom. The highest BCUT2D eigenvalue weighted by atomic mass is 16.7. The number of aromatic amines is 1. The highest BCUT2D eigenvalue weighted by Crippen LogP contribution is 2.35.